The number of rotatable bonds is 8. The number of benzene rings is 1. The standard InChI is InChI=1S/C21H18BrF5N8/c1-2-11(14(35-30)8-31-13-4-3-10(23)5-12(13)24)17-16(22)15(18(34-17)19(28)29)9-6-32-20(33-7-9)21(25,26)27/h3-8,11,30-31,34H,2H2,1H3,(H3,28,29)/b14-8-,35-30?. The largest absolute Gasteiger partial charge is 0.451 e. The highest BCUT2D eigenvalue weighted by atomic mass is 79.9. The lowest BCUT2D eigenvalue weighted by Crippen LogP contribution is -2.14. The van der Waals surface area contributed by atoms with Crippen LogP contribution in [0, 0.1) is 22.6 Å². The summed E-state index contributed by atoms with van der Waals surface area (Å²) in [5.74, 6) is -3.92. The minimum absolute atomic E-state index is 0.0417. The Labute approximate surface area is 204 Å². The number of aromatic amines is 1. The number of aromatic nitrogens is 3. The smallest absolute Gasteiger partial charge is 0.382 e. The highest BCUT2D eigenvalue weighted by Crippen LogP contribution is 2.41. The van der Waals surface area contributed by atoms with Gasteiger partial charge in [0.15, 0.2) is 0 Å². The van der Waals surface area contributed by atoms with Crippen molar-refractivity contribution in [1.29, 1.82) is 10.9 Å². The maximum absolute atomic E-state index is 14.0. The summed E-state index contributed by atoms with van der Waals surface area (Å²) < 4.78 is 66.0. The van der Waals surface area contributed by atoms with Gasteiger partial charge in [0.05, 0.1) is 17.1 Å². The summed E-state index contributed by atoms with van der Waals surface area (Å²) in [5, 5.41) is 14.1. The molecule has 35 heavy (non-hydrogen) atoms. The van der Waals surface area contributed by atoms with Crippen molar-refractivity contribution in [2.24, 2.45) is 10.8 Å². The van der Waals surface area contributed by atoms with Crippen LogP contribution >= 0.6 is 15.9 Å². The molecule has 2 heterocycles. The number of nitrogen functional groups attached to an aromatic ring is 1. The van der Waals surface area contributed by atoms with Crippen molar-refractivity contribution in [2.45, 2.75) is 25.4 Å². The summed E-state index contributed by atoms with van der Waals surface area (Å²) in [6.45, 7) is 1.78. The molecular weight excluding hydrogens is 539 g/mol. The van der Waals surface area contributed by atoms with E-state index < -0.39 is 35.4 Å². The van der Waals surface area contributed by atoms with Crippen LogP contribution in [0.5, 0.6) is 0 Å². The molecule has 0 spiro atoms. The van der Waals surface area contributed by atoms with E-state index in [1.807, 2.05) is 0 Å². The van der Waals surface area contributed by atoms with E-state index in [0.717, 1.165) is 18.5 Å². The second-order valence-electron chi connectivity index (χ2n) is 7.22. The molecule has 0 radical (unpaired) electrons. The summed E-state index contributed by atoms with van der Waals surface area (Å²) in [7, 11) is 0. The highest BCUT2D eigenvalue weighted by molar-refractivity contribution is 9.10. The van der Waals surface area contributed by atoms with E-state index in [4.69, 9.17) is 16.7 Å². The topological polar surface area (TPSA) is 140 Å². The number of nitrogens with one attached hydrogen (secondary N) is 4. The molecule has 3 aromatic rings. The van der Waals surface area contributed by atoms with Crippen molar-refractivity contribution in [3.8, 4) is 11.1 Å². The first-order valence-corrected chi connectivity index (χ1v) is 10.7. The Balaban J connectivity index is 2.05. The minimum atomic E-state index is -4.72. The van der Waals surface area contributed by atoms with Crippen LogP contribution < -0.4 is 11.1 Å². The second kappa shape index (κ2) is 10.3. The molecule has 0 saturated carbocycles. The first-order chi connectivity index (χ1) is 16.5. The average Bonchev–Trinajstić information content (AvgIpc) is 3.14. The molecule has 0 amide bonds. The molecule has 0 aliphatic carbocycles. The molecule has 14 heteroatoms. The van der Waals surface area contributed by atoms with E-state index in [9.17, 15) is 22.0 Å². The predicted molar refractivity (Wildman–Crippen MR) is 122 cm³/mol. The Bertz CT molecular complexity index is 1280. The van der Waals surface area contributed by atoms with Gasteiger partial charge < -0.3 is 16.0 Å². The van der Waals surface area contributed by atoms with Gasteiger partial charge in [-0.25, -0.2) is 24.3 Å². The molecule has 0 aliphatic rings. The molecule has 3 rings (SSSR count). The molecule has 1 unspecified atom stereocenters. The number of hydrogen-bond donors (Lipinski definition) is 5. The van der Waals surface area contributed by atoms with E-state index in [1.54, 1.807) is 6.92 Å². The van der Waals surface area contributed by atoms with E-state index in [-0.39, 0.29) is 28.2 Å². The fourth-order valence-electron chi connectivity index (χ4n) is 3.34. The first kappa shape index (κ1) is 25.9. The highest BCUT2D eigenvalue weighted by Gasteiger charge is 2.35. The molecule has 0 bridgehead atoms. The number of halogens is 6. The first-order valence-electron chi connectivity index (χ1n) is 9.92. The van der Waals surface area contributed by atoms with Crippen molar-refractivity contribution < 1.29 is 22.0 Å². The summed E-state index contributed by atoms with van der Waals surface area (Å²) >= 11 is 3.41. The molecule has 0 saturated heterocycles. The fraction of sp³-hybridized carbons (Fsp3) is 0.190. The third-order valence-corrected chi connectivity index (χ3v) is 5.80. The van der Waals surface area contributed by atoms with Crippen LogP contribution in [0.3, 0.4) is 0 Å². The second-order valence-corrected chi connectivity index (χ2v) is 8.01. The minimum Gasteiger partial charge on any atom is -0.382 e. The Morgan fingerprint density at radius 2 is 1.94 bits per heavy atom. The number of hydrogen-bond acceptors (Lipinski definition) is 6. The van der Waals surface area contributed by atoms with Crippen molar-refractivity contribution >= 4 is 27.5 Å². The van der Waals surface area contributed by atoms with E-state index in [2.05, 4.69) is 41.3 Å². The lowest BCUT2D eigenvalue weighted by molar-refractivity contribution is -0.144. The fourth-order valence-corrected chi connectivity index (χ4v) is 4.15. The van der Waals surface area contributed by atoms with E-state index in [1.165, 1.54) is 12.3 Å². The Kier molecular flexibility index (Phi) is 7.63. The van der Waals surface area contributed by atoms with Crippen molar-refractivity contribution in [3.05, 3.63) is 75.8 Å². The van der Waals surface area contributed by atoms with Gasteiger partial charge in [-0.05, 0) is 34.5 Å². The van der Waals surface area contributed by atoms with Gasteiger partial charge in [-0.15, -0.1) is 0 Å². The lowest BCUT2D eigenvalue weighted by Gasteiger charge is -2.15. The third-order valence-electron chi connectivity index (χ3n) is 4.98. The molecule has 184 valence electrons. The monoisotopic (exact) mass is 556 g/mol. The van der Waals surface area contributed by atoms with Gasteiger partial charge in [0.2, 0.25) is 5.82 Å². The molecule has 6 N–H and O–H groups in total. The molecule has 0 fully saturated rings. The maximum Gasteiger partial charge on any atom is 0.451 e. The van der Waals surface area contributed by atoms with Crippen LogP contribution in [0.4, 0.5) is 27.6 Å². The molecular formula is C21H18BrF5N8. The normalized spacial score (nSPS) is 12.9. The zero-order valence-electron chi connectivity index (χ0n) is 17.9. The number of nitrogens with two attached hydrogens (primary N) is 1. The number of anilines is 1. The van der Waals surface area contributed by atoms with Gasteiger partial charge >= 0.3 is 6.18 Å². The summed E-state index contributed by atoms with van der Waals surface area (Å²) in [4.78, 5) is 9.68. The van der Waals surface area contributed by atoms with Crippen molar-refractivity contribution in [3.63, 3.8) is 0 Å². The number of allylic oxidation sites excluding steroid dienone is 1. The molecule has 1 aromatic carbocycles. The van der Waals surface area contributed by atoms with Crippen LogP contribution in [-0.4, -0.2) is 20.8 Å². The maximum atomic E-state index is 14.0. The van der Waals surface area contributed by atoms with Crippen molar-refractivity contribution in [2.75, 3.05) is 5.32 Å². The van der Waals surface area contributed by atoms with Gasteiger partial charge in [-0.2, -0.15) is 18.3 Å². The Morgan fingerprint density at radius 1 is 1.29 bits per heavy atom. The molecule has 2 aromatic heterocycles. The summed E-state index contributed by atoms with van der Waals surface area (Å²) in [6, 6.07) is 2.95. The van der Waals surface area contributed by atoms with Crippen LogP contribution in [0.25, 0.3) is 11.1 Å². The van der Waals surface area contributed by atoms with Crippen LogP contribution in [0.1, 0.15) is 36.5 Å². The molecule has 0 aliphatic heterocycles. The van der Waals surface area contributed by atoms with Gasteiger partial charge in [0, 0.05) is 51.9 Å². The quantitative estimate of drug-likeness (QED) is 0.0961. The van der Waals surface area contributed by atoms with Gasteiger partial charge in [0.1, 0.15) is 17.5 Å². The zero-order chi connectivity index (χ0) is 25.9. The number of amidine groups is 1. The number of alkyl halides is 3. The van der Waals surface area contributed by atoms with Gasteiger partial charge in [0.25, 0.3) is 0 Å². The SMILES string of the molecule is CCC(/C(=C/Nc1ccc(F)cc1F)N=N)c1[nH]c(C(=N)N)c(-c2cnc(C(F)(F)F)nc2)c1Br. The number of H-pyrrole nitrogens is 1. The van der Waals surface area contributed by atoms with Crippen LogP contribution in [0.15, 0.2) is 52.1 Å². The summed E-state index contributed by atoms with van der Waals surface area (Å²) in [5.41, 5.74) is 14.3. The lowest BCUT2D eigenvalue weighted by atomic mass is 9.98. The number of nitrogens with zero attached hydrogens (tertiary/aromatic N) is 3. The Morgan fingerprint density at radius 3 is 2.46 bits per heavy atom. The molecule has 8 nitrogen and oxygen atoms in total. The van der Waals surface area contributed by atoms with E-state index in [0.29, 0.717) is 22.7 Å². The zero-order valence-corrected chi connectivity index (χ0v) is 19.5. The van der Waals surface area contributed by atoms with Gasteiger partial charge in [-0.1, -0.05) is 6.92 Å². The van der Waals surface area contributed by atoms with Crippen LogP contribution in [0.2, 0.25) is 0 Å². The Hall–Kier alpha value is -3.68. The van der Waals surface area contributed by atoms with Crippen molar-refractivity contribution in [1.82, 2.24) is 15.0 Å². The molecule has 1 atom stereocenters. The van der Waals surface area contributed by atoms with Gasteiger partial charge in [-0.3, -0.25) is 5.41 Å². The summed E-state index contributed by atoms with van der Waals surface area (Å²) in [6.07, 6.45) is -1.14. The average molecular weight is 557 g/mol. The van der Waals surface area contributed by atoms with Crippen LogP contribution in [-0.2, 0) is 6.18 Å². The third kappa shape index (κ3) is 5.53. The van der Waals surface area contributed by atoms with E-state index >= 15 is 0 Å². The predicted octanol–water partition coefficient (Wildman–Crippen LogP) is 6.29.